The predicted octanol–water partition coefficient (Wildman–Crippen LogP) is 2.52. The lowest BCUT2D eigenvalue weighted by atomic mass is 10.1. The number of benzene rings is 1. The van der Waals surface area contributed by atoms with Crippen LogP contribution in [-0.4, -0.2) is 43.2 Å². The molecular formula is C24H21N9O. The molecule has 3 unspecified atom stereocenters. The molecule has 6 rings (SSSR count). The molecule has 4 N–H and O–H groups in total. The van der Waals surface area contributed by atoms with Gasteiger partial charge in [0.15, 0.2) is 5.65 Å². The Bertz CT molecular complexity index is 1450. The Kier molecular flexibility index (Phi) is 4.71. The second-order valence-corrected chi connectivity index (χ2v) is 8.74. The Morgan fingerprint density at radius 1 is 1.18 bits per heavy atom. The Morgan fingerprint density at radius 2 is 2.03 bits per heavy atom. The maximum atomic E-state index is 12.7. The number of hydrogen-bond donors (Lipinski definition) is 3. The Hall–Kier alpha value is -4.36. The molecule has 4 aromatic rings. The van der Waals surface area contributed by atoms with Crippen LogP contribution in [0.25, 0.3) is 22.3 Å². The highest BCUT2D eigenvalue weighted by atomic mass is 16.1. The molecule has 1 amide bonds. The zero-order valence-electron chi connectivity index (χ0n) is 18.1. The van der Waals surface area contributed by atoms with E-state index in [-0.39, 0.29) is 11.9 Å². The number of nitriles is 1. The fourth-order valence-corrected chi connectivity index (χ4v) is 5.06. The van der Waals surface area contributed by atoms with Gasteiger partial charge in [-0.2, -0.15) is 10.4 Å². The average Bonchev–Trinajstić information content (AvgIpc) is 3.59. The number of nitrogens with two attached hydrogens (primary N) is 1. The van der Waals surface area contributed by atoms with Gasteiger partial charge in [0.05, 0.1) is 23.1 Å². The van der Waals surface area contributed by atoms with Crippen molar-refractivity contribution in [3.05, 3.63) is 60.0 Å². The number of pyridine rings is 1. The molecule has 1 aliphatic carbocycles. The molecule has 10 nitrogen and oxygen atoms in total. The van der Waals surface area contributed by atoms with Crippen LogP contribution < -0.4 is 16.4 Å². The lowest BCUT2D eigenvalue weighted by Crippen LogP contribution is -2.35. The number of piperidine rings is 1. The number of carbonyl (C=O) groups is 1. The number of nitrogen functional groups attached to an aromatic ring is 1. The second kappa shape index (κ2) is 7.90. The molecule has 2 fully saturated rings. The predicted molar refractivity (Wildman–Crippen MR) is 126 cm³/mol. The highest BCUT2D eigenvalue weighted by Gasteiger charge is 2.42. The normalized spacial score (nSPS) is 21.0. The number of amides is 1. The van der Waals surface area contributed by atoms with Gasteiger partial charge in [-0.3, -0.25) is 4.79 Å². The van der Waals surface area contributed by atoms with Crippen LogP contribution in [0.15, 0.2) is 48.9 Å². The quantitative estimate of drug-likeness (QED) is 0.429. The molecule has 168 valence electrons. The van der Waals surface area contributed by atoms with Crippen LogP contribution in [0.1, 0.15) is 34.8 Å². The van der Waals surface area contributed by atoms with Crippen molar-refractivity contribution < 1.29 is 4.79 Å². The minimum Gasteiger partial charge on any atom is -0.383 e. The van der Waals surface area contributed by atoms with E-state index < -0.39 is 0 Å². The minimum absolute atomic E-state index is 0.228. The number of nitrogens with zero attached hydrogens (tertiary/aromatic N) is 6. The molecule has 1 aliphatic heterocycles. The van der Waals surface area contributed by atoms with Crippen molar-refractivity contribution in [2.75, 3.05) is 17.6 Å². The first kappa shape index (κ1) is 20.3. The van der Waals surface area contributed by atoms with Crippen molar-refractivity contribution >= 4 is 28.6 Å². The lowest BCUT2D eigenvalue weighted by Gasteiger charge is -2.23. The first-order valence-electron chi connectivity index (χ1n) is 11.1. The van der Waals surface area contributed by atoms with Gasteiger partial charge in [-0.25, -0.2) is 19.6 Å². The van der Waals surface area contributed by atoms with Crippen molar-refractivity contribution in [2.24, 2.45) is 5.92 Å². The molecule has 34 heavy (non-hydrogen) atoms. The van der Waals surface area contributed by atoms with Gasteiger partial charge in [-0.05, 0) is 49.6 Å². The monoisotopic (exact) mass is 451 g/mol. The topological polar surface area (TPSA) is 147 Å². The molecule has 0 spiro atoms. The Morgan fingerprint density at radius 3 is 2.76 bits per heavy atom. The zero-order valence-corrected chi connectivity index (χ0v) is 18.1. The standard InChI is InChI=1S/C24H21N9O/c25-10-13-5-6-27-19(9-13)31-24(34)16-3-1-15(2-4-16)21-20-22(26)29-12-30-23(20)33(32-21)18-8-14-7-17(18)28-11-14/h1-6,9,12,14,17-18,28H,7-8,11H2,(H2,26,29,30)(H,27,31,34). The van der Waals surface area contributed by atoms with Crippen molar-refractivity contribution in [3.8, 4) is 17.3 Å². The van der Waals surface area contributed by atoms with Gasteiger partial charge in [-0.15, -0.1) is 0 Å². The van der Waals surface area contributed by atoms with E-state index in [1.165, 1.54) is 18.6 Å². The van der Waals surface area contributed by atoms with Crippen LogP contribution in [0.5, 0.6) is 0 Å². The second-order valence-electron chi connectivity index (χ2n) is 8.74. The Balaban J connectivity index is 1.32. The molecule has 2 aliphatic rings. The summed E-state index contributed by atoms with van der Waals surface area (Å²) in [5.41, 5.74) is 9.39. The average molecular weight is 451 g/mol. The van der Waals surface area contributed by atoms with Gasteiger partial charge >= 0.3 is 0 Å². The highest BCUT2D eigenvalue weighted by Crippen LogP contribution is 2.41. The summed E-state index contributed by atoms with van der Waals surface area (Å²) >= 11 is 0. The molecule has 1 saturated carbocycles. The molecule has 0 radical (unpaired) electrons. The first-order valence-corrected chi connectivity index (χ1v) is 11.1. The van der Waals surface area contributed by atoms with Crippen molar-refractivity contribution in [3.63, 3.8) is 0 Å². The van der Waals surface area contributed by atoms with Crippen molar-refractivity contribution in [1.29, 1.82) is 5.26 Å². The van der Waals surface area contributed by atoms with E-state index in [0.717, 1.165) is 36.0 Å². The van der Waals surface area contributed by atoms with Crippen LogP contribution >= 0.6 is 0 Å². The summed E-state index contributed by atoms with van der Waals surface area (Å²) < 4.78 is 1.99. The number of carbonyl (C=O) groups excluding carboxylic acids is 1. The fourth-order valence-electron chi connectivity index (χ4n) is 5.06. The SMILES string of the molecule is N#Cc1ccnc(NC(=O)c2ccc(-c3nn(C4CC5CNC4C5)c4ncnc(N)c34)cc2)c1. The van der Waals surface area contributed by atoms with E-state index in [2.05, 4.69) is 25.6 Å². The number of nitrogens with one attached hydrogen (secondary N) is 2. The Labute approximate surface area is 194 Å². The van der Waals surface area contributed by atoms with E-state index in [1.54, 1.807) is 18.2 Å². The van der Waals surface area contributed by atoms with Gasteiger partial charge in [-0.1, -0.05) is 12.1 Å². The van der Waals surface area contributed by atoms with Gasteiger partial charge in [0, 0.05) is 23.4 Å². The molecule has 2 bridgehead atoms. The van der Waals surface area contributed by atoms with E-state index in [1.807, 2.05) is 22.9 Å². The third kappa shape index (κ3) is 3.34. The minimum atomic E-state index is -0.319. The number of aromatic nitrogens is 5. The summed E-state index contributed by atoms with van der Waals surface area (Å²) in [5, 5.41) is 21.0. The lowest BCUT2D eigenvalue weighted by molar-refractivity contribution is 0.102. The van der Waals surface area contributed by atoms with E-state index in [4.69, 9.17) is 16.1 Å². The largest absolute Gasteiger partial charge is 0.383 e. The van der Waals surface area contributed by atoms with Crippen LogP contribution in [0.4, 0.5) is 11.6 Å². The number of hydrogen-bond acceptors (Lipinski definition) is 8. The van der Waals surface area contributed by atoms with Crippen LogP contribution in [0.2, 0.25) is 0 Å². The van der Waals surface area contributed by atoms with E-state index in [9.17, 15) is 4.79 Å². The molecule has 3 aromatic heterocycles. The molecule has 3 atom stereocenters. The van der Waals surface area contributed by atoms with Crippen LogP contribution in [0.3, 0.4) is 0 Å². The van der Waals surface area contributed by atoms with Gasteiger partial charge in [0.2, 0.25) is 0 Å². The van der Waals surface area contributed by atoms with Crippen molar-refractivity contribution in [1.82, 2.24) is 30.0 Å². The summed E-state index contributed by atoms with van der Waals surface area (Å²) in [6, 6.07) is 12.9. The summed E-state index contributed by atoms with van der Waals surface area (Å²) in [4.78, 5) is 25.5. The maximum Gasteiger partial charge on any atom is 0.256 e. The first-order chi connectivity index (χ1) is 16.6. The van der Waals surface area contributed by atoms with E-state index >= 15 is 0 Å². The summed E-state index contributed by atoms with van der Waals surface area (Å²) in [6.07, 6.45) is 5.18. The van der Waals surface area contributed by atoms with Gasteiger partial charge < -0.3 is 16.4 Å². The maximum absolute atomic E-state index is 12.7. The molecule has 1 aromatic carbocycles. The third-order valence-corrected chi connectivity index (χ3v) is 6.68. The molecule has 1 saturated heterocycles. The summed E-state index contributed by atoms with van der Waals surface area (Å²) in [5.74, 6) is 1.05. The summed E-state index contributed by atoms with van der Waals surface area (Å²) in [6.45, 7) is 1.06. The smallest absolute Gasteiger partial charge is 0.256 e. The molecule has 10 heteroatoms. The molecule has 4 heterocycles. The molecular weight excluding hydrogens is 430 g/mol. The van der Waals surface area contributed by atoms with E-state index in [0.29, 0.717) is 40.4 Å². The number of rotatable bonds is 4. The number of anilines is 2. The highest BCUT2D eigenvalue weighted by molar-refractivity contribution is 6.04. The fraction of sp³-hybridized carbons (Fsp3) is 0.250. The van der Waals surface area contributed by atoms with Gasteiger partial charge in [0.1, 0.15) is 23.7 Å². The van der Waals surface area contributed by atoms with Crippen LogP contribution in [-0.2, 0) is 0 Å². The van der Waals surface area contributed by atoms with Crippen LogP contribution in [0, 0.1) is 17.2 Å². The zero-order chi connectivity index (χ0) is 23.2. The third-order valence-electron chi connectivity index (χ3n) is 6.68. The summed E-state index contributed by atoms with van der Waals surface area (Å²) in [7, 11) is 0. The van der Waals surface area contributed by atoms with Gasteiger partial charge in [0.25, 0.3) is 5.91 Å². The number of fused-ring (bicyclic) bond motifs is 3. The van der Waals surface area contributed by atoms with Crippen molar-refractivity contribution in [2.45, 2.75) is 24.9 Å².